The lowest BCUT2D eigenvalue weighted by Crippen LogP contribution is -2.12. The van der Waals surface area contributed by atoms with Gasteiger partial charge in [-0.15, -0.1) is 10.2 Å². The van der Waals surface area contributed by atoms with E-state index < -0.39 is 11.7 Å². The molecule has 0 radical (unpaired) electrons. The number of hydrogen-bond acceptors (Lipinski definition) is 6. The van der Waals surface area contributed by atoms with Crippen LogP contribution in [0.2, 0.25) is 0 Å². The second-order valence-electron chi connectivity index (χ2n) is 7.21. The number of alkyl halides is 3. The summed E-state index contributed by atoms with van der Waals surface area (Å²) in [5, 5.41) is 7.78. The number of imidazole rings is 1. The Morgan fingerprint density at radius 2 is 1.70 bits per heavy atom. The van der Waals surface area contributed by atoms with E-state index in [0.717, 1.165) is 23.6 Å². The Bertz CT molecular complexity index is 1410. The average molecular weight is 453 g/mol. The van der Waals surface area contributed by atoms with E-state index in [0.29, 0.717) is 23.2 Å². The molecule has 4 heterocycles. The summed E-state index contributed by atoms with van der Waals surface area (Å²) in [5.41, 5.74) is 2.04. The highest BCUT2D eigenvalue weighted by Crippen LogP contribution is 2.31. The first-order chi connectivity index (χ1) is 15.8. The summed E-state index contributed by atoms with van der Waals surface area (Å²) < 4.78 is 41.2. The largest absolute Gasteiger partial charge is 0.416 e. The van der Waals surface area contributed by atoms with Crippen molar-refractivity contribution in [1.82, 2.24) is 29.0 Å². The third-order valence-corrected chi connectivity index (χ3v) is 4.81. The lowest BCUT2D eigenvalue weighted by molar-refractivity contribution is -0.137. The topological polar surface area (TPSA) is 80.7 Å². The molecule has 0 N–H and O–H groups in total. The standard InChI is InChI=1S/C14H8F3N3O.C8H10N4/c15-14(16,17)10-3-1-9(2-4-10)12-5-19-13-6-18-11(8-21)7-20(12)13;1-11(2)8-5-3-4-7-10-9-6-12(7)8/h1-8H;3-6H,1-2H3. The van der Waals surface area contributed by atoms with Crippen LogP contribution >= 0.6 is 0 Å². The van der Waals surface area contributed by atoms with Crippen molar-refractivity contribution in [2.24, 2.45) is 0 Å². The Kier molecular flexibility index (Phi) is 5.78. The molecule has 1 aromatic carbocycles. The van der Waals surface area contributed by atoms with E-state index in [4.69, 9.17) is 0 Å². The van der Waals surface area contributed by atoms with Gasteiger partial charge in [0.25, 0.3) is 0 Å². The predicted octanol–water partition coefficient (Wildman–Crippen LogP) is 4.02. The summed E-state index contributed by atoms with van der Waals surface area (Å²) in [6.07, 6.45) is 2.38. The van der Waals surface area contributed by atoms with Crippen LogP contribution < -0.4 is 4.90 Å². The molecule has 0 saturated heterocycles. The summed E-state index contributed by atoms with van der Waals surface area (Å²) in [6.45, 7) is 0. The zero-order valence-corrected chi connectivity index (χ0v) is 17.6. The van der Waals surface area contributed by atoms with Gasteiger partial charge in [-0.2, -0.15) is 13.2 Å². The maximum Gasteiger partial charge on any atom is 0.416 e. The number of benzene rings is 1. The molecule has 4 aromatic heterocycles. The molecule has 8 nitrogen and oxygen atoms in total. The van der Waals surface area contributed by atoms with Crippen molar-refractivity contribution in [3.63, 3.8) is 0 Å². The van der Waals surface area contributed by atoms with Crippen LogP contribution in [0.5, 0.6) is 0 Å². The van der Waals surface area contributed by atoms with Gasteiger partial charge < -0.3 is 4.90 Å². The van der Waals surface area contributed by atoms with Crippen LogP contribution in [-0.2, 0) is 6.18 Å². The molecule has 0 saturated carbocycles. The van der Waals surface area contributed by atoms with Crippen molar-refractivity contribution in [2.75, 3.05) is 19.0 Å². The fourth-order valence-electron chi connectivity index (χ4n) is 3.21. The van der Waals surface area contributed by atoms with Gasteiger partial charge in [-0.3, -0.25) is 13.6 Å². The van der Waals surface area contributed by atoms with E-state index >= 15 is 0 Å². The zero-order chi connectivity index (χ0) is 23.6. The summed E-state index contributed by atoms with van der Waals surface area (Å²) in [5.74, 6) is 1.08. The average Bonchev–Trinajstić information content (AvgIpc) is 3.45. The van der Waals surface area contributed by atoms with Crippen molar-refractivity contribution >= 4 is 23.4 Å². The number of fused-ring (bicyclic) bond motifs is 2. The van der Waals surface area contributed by atoms with Crippen LogP contribution in [0.15, 0.2) is 67.4 Å². The first-order valence-corrected chi connectivity index (χ1v) is 9.70. The van der Waals surface area contributed by atoms with Gasteiger partial charge in [-0.1, -0.05) is 18.2 Å². The number of pyridine rings is 1. The second kappa shape index (κ2) is 8.69. The fraction of sp³-hybridized carbons (Fsp3) is 0.136. The van der Waals surface area contributed by atoms with Crippen LogP contribution in [0.3, 0.4) is 0 Å². The molecule has 0 spiro atoms. The number of halogens is 3. The Balaban J connectivity index is 0.000000183. The normalized spacial score (nSPS) is 11.3. The van der Waals surface area contributed by atoms with E-state index in [9.17, 15) is 18.0 Å². The molecule has 0 unspecified atom stereocenters. The van der Waals surface area contributed by atoms with E-state index in [1.807, 2.05) is 41.6 Å². The molecule has 168 valence electrons. The Morgan fingerprint density at radius 1 is 0.939 bits per heavy atom. The lowest BCUT2D eigenvalue weighted by atomic mass is 10.1. The summed E-state index contributed by atoms with van der Waals surface area (Å²) in [6, 6.07) is 10.7. The van der Waals surface area contributed by atoms with Gasteiger partial charge in [0.15, 0.2) is 17.6 Å². The molecule has 0 amide bonds. The monoisotopic (exact) mass is 453 g/mol. The Hall–Kier alpha value is -4.28. The van der Waals surface area contributed by atoms with Crippen LogP contribution in [0.25, 0.3) is 22.6 Å². The first-order valence-electron chi connectivity index (χ1n) is 9.70. The number of carbonyl (C=O) groups is 1. The molecular formula is C22H18F3N7O. The molecule has 11 heteroatoms. The first kappa shape index (κ1) is 21.9. The van der Waals surface area contributed by atoms with Gasteiger partial charge in [0, 0.05) is 25.9 Å². The molecule has 33 heavy (non-hydrogen) atoms. The fourth-order valence-corrected chi connectivity index (χ4v) is 3.21. The molecule has 0 atom stereocenters. The summed E-state index contributed by atoms with van der Waals surface area (Å²) in [4.78, 5) is 20.8. The van der Waals surface area contributed by atoms with Crippen LogP contribution in [-0.4, -0.2) is 49.3 Å². The van der Waals surface area contributed by atoms with Crippen molar-refractivity contribution in [3.8, 4) is 11.3 Å². The van der Waals surface area contributed by atoms with Gasteiger partial charge >= 0.3 is 6.18 Å². The minimum Gasteiger partial charge on any atom is -0.364 e. The number of aromatic nitrogens is 6. The SMILES string of the molecule is CN(C)c1cccc2nncn12.O=Cc1cn2c(-c3ccc(C(F)(F)F)cc3)cnc2cn1. The van der Waals surface area contributed by atoms with Crippen LogP contribution in [0.4, 0.5) is 19.0 Å². The van der Waals surface area contributed by atoms with Gasteiger partial charge in [-0.05, 0) is 24.3 Å². The highest BCUT2D eigenvalue weighted by atomic mass is 19.4. The number of anilines is 1. The second-order valence-corrected chi connectivity index (χ2v) is 7.21. The van der Waals surface area contributed by atoms with Crippen molar-refractivity contribution in [2.45, 2.75) is 6.18 Å². The lowest BCUT2D eigenvalue weighted by Gasteiger charge is -2.13. The molecule has 0 aliphatic carbocycles. The molecule has 0 aliphatic heterocycles. The van der Waals surface area contributed by atoms with Gasteiger partial charge in [0.2, 0.25) is 0 Å². The highest BCUT2D eigenvalue weighted by Gasteiger charge is 2.30. The van der Waals surface area contributed by atoms with E-state index in [2.05, 4.69) is 20.2 Å². The number of hydrogen-bond donors (Lipinski definition) is 0. The minimum atomic E-state index is -4.37. The van der Waals surface area contributed by atoms with Gasteiger partial charge in [-0.25, -0.2) is 9.97 Å². The van der Waals surface area contributed by atoms with Crippen molar-refractivity contribution in [3.05, 3.63) is 78.6 Å². The van der Waals surface area contributed by atoms with E-state index in [1.54, 1.807) is 10.7 Å². The molecule has 0 bridgehead atoms. The number of rotatable bonds is 3. The molecule has 0 aliphatic rings. The summed E-state index contributed by atoms with van der Waals surface area (Å²) in [7, 11) is 3.99. The van der Waals surface area contributed by atoms with Crippen molar-refractivity contribution in [1.29, 1.82) is 0 Å². The predicted molar refractivity (Wildman–Crippen MR) is 116 cm³/mol. The molecule has 5 aromatic rings. The molecule has 5 rings (SSSR count). The van der Waals surface area contributed by atoms with Gasteiger partial charge in [0.05, 0.1) is 23.7 Å². The quantitative estimate of drug-likeness (QED) is 0.384. The maximum absolute atomic E-state index is 12.5. The smallest absolute Gasteiger partial charge is 0.364 e. The third kappa shape index (κ3) is 4.52. The maximum atomic E-state index is 12.5. The van der Waals surface area contributed by atoms with Gasteiger partial charge in [0.1, 0.15) is 17.8 Å². The zero-order valence-electron chi connectivity index (χ0n) is 17.6. The number of aldehydes is 1. The molecular weight excluding hydrogens is 435 g/mol. The van der Waals surface area contributed by atoms with E-state index in [1.165, 1.54) is 30.7 Å². The Morgan fingerprint density at radius 3 is 2.36 bits per heavy atom. The Labute approximate surface area is 186 Å². The minimum absolute atomic E-state index is 0.216. The van der Waals surface area contributed by atoms with Crippen LogP contribution in [0.1, 0.15) is 16.1 Å². The third-order valence-electron chi connectivity index (χ3n) is 4.81. The number of carbonyl (C=O) groups excluding carboxylic acids is 1. The highest BCUT2D eigenvalue weighted by molar-refractivity contribution is 5.73. The van der Waals surface area contributed by atoms with E-state index in [-0.39, 0.29) is 5.69 Å². The molecule has 0 fully saturated rings. The summed E-state index contributed by atoms with van der Waals surface area (Å²) >= 11 is 0. The van der Waals surface area contributed by atoms with Crippen LogP contribution in [0, 0.1) is 0 Å². The number of nitrogens with zero attached hydrogens (tertiary/aromatic N) is 7. The van der Waals surface area contributed by atoms with Crippen molar-refractivity contribution < 1.29 is 18.0 Å².